The smallest absolute Gasteiger partial charge is 0.335 e. The molecule has 0 N–H and O–H groups in total. The highest BCUT2D eigenvalue weighted by atomic mass is 16.7. The Morgan fingerprint density at radius 1 is 1.28 bits per heavy atom. The number of hydrogen-bond donors (Lipinski definition) is 0. The molecule has 29 heavy (non-hydrogen) atoms. The predicted octanol–water partition coefficient (Wildman–Crippen LogP) is 2.61. The Hall–Kier alpha value is -3.37. The third-order valence-electron chi connectivity index (χ3n) is 6.15. The minimum Gasteiger partial charge on any atom is -0.467 e. The van der Waals surface area contributed by atoms with Gasteiger partial charge in [0.05, 0.1) is 19.1 Å². The second kappa shape index (κ2) is 6.33. The Bertz CT molecular complexity index is 1080. The molecule has 2 aromatic rings. The van der Waals surface area contributed by atoms with E-state index in [4.69, 9.17) is 14.2 Å². The number of benzene rings is 2. The summed E-state index contributed by atoms with van der Waals surface area (Å²) < 4.78 is 15.9. The molecule has 2 aromatic carbocycles. The van der Waals surface area contributed by atoms with Crippen LogP contribution in [0, 0.1) is 17.2 Å². The third-order valence-corrected chi connectivity index (χ3v) is 6.15. The first kappa shape index (κ1) is 17.7. The van der Waals surface area contributed by atoms with Crippen LogP contribution >= 0.6 is 0 Å². The lowest BCUT2D eigenvalue weighted by Gasteiger charge is -2.42. The molecule has 5 rings (SSSR count). The average Bonchev–Trinajstić information content (AvgIpc) is 3.32. The first-order valence-electron chi connectivity index (χ1n) is 9.38. The molecule has 1 fully saturated rings. The van der Waals surface area contributed by atoms with Crippen molar-refractivity contribution in [3.63, 3.8) is 0 Å². The first-order valence-corrected chi connectivity index (χ1v) is 9.38. The van der Waals surface area contributed by atoms with E-state index in [1.807, 2.05) is 35.2 Å². The highest BCUT2D eigenvalue weighted by Gasteiger charge is 2.67. The minimum absolute atomic E-state index is 0.166. The molecule has 2 bridgehead atoms. The molecule has 0 unspecified atom stereocenters. The summed E-state index contributed by atoms with van der Waals surface area (Å²) in [5, 5.41) is 9.86. The maximum Gasteiger partial charge on any atom is 0.335 e. The van der Waals surface area contributed by atoms with E-state index in [-0.39, 0.29) is 18.6 Å². The van der Waals surface area contributed by atoms with E-state index in [2.05, 4.69) is 6.07 Å². The van der Waals surface area contributed by atoms with E-state index >= 15 is 0 Å². The quantitative estimate of drug-likeness (QED) is 0.588. The summed E-state index contributed by atoms with van der Waals surface area (Å²) in [4.78, 5) is 28.5. The number of rotatable bonds is 3. The van der Waals surface area contributed by atoms with E-state index in [9.17, 15) is 14.9 Å². The molecule has 0 saturated carbocycles. The molecule has 3 aliphatic rings. The van der Waals surface area contributed by atoms with Crippen LogP contribution in [0.25, 0.3) is 0 Å². The molecule has 146 valence electrons. The number of hydrogen-bond acceptors (Lipinski definition) is 7. The molecule has 3 aliphatic heterocycles. The van der Waals surface area contributed by atoms with Crippen molar-refractivity contribution in [1.29, 1.82) is 5.26 Å². The average molecular weight is 390 g/mol. The van der Waals surface area contributed by atoms with Gasteiger partial charge in [0.25, 0.3) is 0 Å². The zero-order valence-corrected chi connectivity index (χ0v) is 15.8. The number of carbonyl (C=O) groups is 2. The van der Waals surface area contributed by atoms with Crippen molar-refractivity contribution in [2.75, 3.05) is 13.9 Å². The molecular formula is C22H18N2O5. The van der Waals surface area contributed by atoms with Gasteiger partial charge in [-0.2, -0.15) is 5.26 Å². The molecular weight excluding hydrogens is 372 g/mol. The van der Waals surface area contributed by atoms with Gasteiger partial charge < -0.3 is 14.2 Å². The first-order chi connectivity index (χ1) is 14.1. The van der Waals surface area contributed by atoms with Crippen molar-refractivity contribution in [2.24, 2.45) is 5.92 Å². The van der Waals surface area contributed by atoms with Gasteiger partial charge in [0.1, 0.15) is 0 Å². The molecule has 0 aromatic heterocycles. The van der Waals surface area contributed by atoms with E-state index < -0.39 is 17.4 Å². The van der Waals surface area contributed by atoms with Crippen LogP contribution in [0.4, 0.5) is 0 Å². The molecule has 1 saturated heterocycles. The van der Waals surface area contributed by atoms with Crippen LogP contribution in [-0.4, -0.2) is 36.1 Å². The second-order valence-corrected chi connectivity index (χ2v) is 7.42. The number of Topliss-reactive ketones (excluding diaryl/α,β-unsaturated/α-hetero) is 1. The molecule has 3 heterocycles. The highest BCUT2D eigenvalue weighted by Crippen LogP contribution is 2.54. The van der Waals surface area contributed by atoms with Gasteiger partial charge >= 0.3 is 5.97 Å². The summed E-state index contributed by atoms with van der Waals surface area (Å²) >= 11 is 0. The summed E-state index contributed by atoms with van der Waals surface area (Å²) in [6.45, 7) is 0.467. The van der Waals surface area contributed by atoms with Crippen LogP contribution in [0.5, 0.6) is 11.5 Å². The Labute approximate surface area is 167 Å². The number of methoxy groups -OCH3 is 1. The lowest BCUT2D eigenvalue weighted by molar-refractivity contribution is -0.153. The van der Waals surface area contributed by atoms with Crippen LogP contribution < -0.4 is 9.47 Å². The van der Waals surface area contributed by atoms with E-state index in [0.29, 0.717) is 30.0 Å². The summed E-state index contributed by atoms with van der Waals surface area (Å²) in [6.07, 6.45) is 0.388. The third kappa shape index (κ3) is 2.26. The zero-order chi connectivity index (χ0) is 20.2. The fourth-order valence-electron chi connectivity index (χ4n) is 4.88. The van der Waals surface area contributed by atoms with E-state index in [1.165, 1.54) is 7.11 Å². The number of fused-ring (bicyclic) bond motifs is 5. The molecule has 7 heteroatoms. The van der Waals surface area contributed by atoms with Gasteiger partial charge in [0, 0.05) is 18.2 Å². The van der Waals surface area contributed by atoms with Crippen LogP contribution in [0.15, 0.2) is 42.5 Å². The van der Waals surface area contributed by atoms with Crippen molar-refractivity contribution in [3.8, 4) is 17.6 Å². The Kier molecular flexibility index (Phi) is 3.86. The van der Waals surface area contributed by atoms with Gasteiger partial charge in [0.2, 0.25) is 6.79 Å². The van der Waals surface area contributed by atoms with Gasteiger partial charge in [-0.15, -0.1) is 0 Å². The zero-order valence-electron chi connectivity index (χ0n) is 15.8. The van der Waals surface area contributed by atoms with Crippen molar-refractivity contribution < 1.29 is 23.8 Å². The van der Waals surface area contributed by atoms with Crippen molar-refractivity contribution in [2.45, 2.75) is 24.5 Å². The number of nitriles is 1. The van der Waals surface area contributed by atoms with Gasteiger partial charge in [0.15, 0.2) is 22.8 Å². The van der Waals surface area contributed by atoms with Crippen molar-refractivity contribution in [1.82, 2.24) is 4.90 Å². The fourth-order valence-corrected chi connectivity index (χ4v) is 4.88. The largest absolute Gasteiger partial charge is 0.467 e. The van der Waals surface area contributed by atoms with Gasteiger partial charge in [-0.1, -0.05) is 30.3 Å². The standard InChI is InChI=1S/C22H18N2O5/c1-27-21(26)22-14(10-23)9-17(15-4-2-3-5-16(15)20(22)25)24(22)11-13-6-7-18-19(8-13)29-12-28-18/h2-8,14,17H,9,11-12H2,1H3/t14-,17-,22+/m0/s1. The number of ketones is 1. The Morgan fingerprint density at radius 2 is 2.07 bits per heavy atom. The van der Waals surface area contributed by atoms with Crippen LogP contribution in [0.2, 0.25) is 0 Å². The highest BCUT2D eigenvalue weighted by molar-refractivity contribution is 6.19. The monoisotopic (exact) mass is 390 g/mol. The van der Waals surface area contributed by atoms with Crippen molar-refractivity contribution in [3.05, 3.63) is 59.2 Å². The maximum atomic E-state index is 13.6. The van der Waals surface area contributed by atoms with E-state index in [0.717, 1.165) is 11.1 Å². The fraction of sp³-hybridized carbons (Fsp3) is 0.318. The Morgan fingerprint density at radius 3 is 2.86 bits per heavy atom. The molecule has 7 nitrogen and oxygen atoms in total. The van der Waals surface area contributed by atoms with Gasteiger partial charge in [-0.3, -0.25) is 9.69 Å². The SMILES string of the molecule is COC(=O)[C@]12C(=O)c3ccccc3[C@H](C[C@H]1C#N)N2Cc1ccc2c(c1)OCO2. The van der Waals surface area contributed by atoms with Crippen LogP contribution in [0.1, 0.15) is 33.9 Å². The number of nitrogens with zero attached hydrogens (tertiary/aromatic N) is 2. The molecule has 0 amide bonds. The lowest BCUT2D eigenvalue weighted by atomic mass is 9.78. The molecule has 3 atom stereocenters. The van der Waals surface area contributed by atoms with Gasteiger partial charge in [-0.05, 0) is 29.7 Å². The van der Waals surface area contributed by atoms with Crippen molar-refractivity contribution >= 4 is 11.8 Å². The molecule has 0 radical (unpaired) electrons. The topological polar surface area (TPSA) is 88.9 Å². The summed E-state index contributed by atoms with van der Waals surface area (Å²) in [6, 6.07) is 14.8. The molecule has 0 spiro atoms. The predicted molar refractivity (Wildman–Crippen MR) is 100 cm³/mol. The Balaban J connectivity index is 1.66. The number of carbonyl (C=O) groups excluding carboxylic acids is 2. The maximum absolute atomic E-state index is 13.6. The minimum atomic E-state index is -1.65. The number of esters is 1. The number of ether oxygens (including phenoxy) is 3. The summed E-state index contributed by atoms with van der Waals surface area (Å²) in [5.41, 5.74) is 0.537. The van der Waals surface area contributed by atoms with Crippen LogP contribution in [-0.2, 0) is 16.1 Å². The van der Waals surface area contributed by atoms with E-state index in [1.54, 1.807) is 12.1 Å². The summed E-state index contributed by atoms with van der Waals surface area (Å²) in [7, 11) is 1.26. The lowest BCUT2D eigenvalue weighted by Crippen LogP contribution is -2.62. The molecule has 0 aliphatic carbocycles. The summed E-state index contributed by atoms with van der Waals surface area (Å²) in [5.74, 6) is -0.571. The normalized spacial score (nSPS) is 26.7. The second-order valence-electron chi connectivity index (χ2n) is 7.42. The van der Waals surface area contributed by atoms with Gasteiger partial charge in [-0.25, -0.2) is 4.79 Å². The van der Waals surface area contributed by atoms with Crippen LogP contribution in [0.3, 0.4) is 0 Å².